The van der Waals surface area contributed by atoms with Crippen molar-refractivity contribution in [3.8, 4) is 11.8 Å². The fourth-order valence-corrected chi connectivity index (χ4v) is 1.87. The van der Waals surface area contributed by atoms with Gasteiger partial charge in [-0.1, -0.05) is 35.9 Å². The highest BCUT2D eigenvalue weighted by atomic mass is 35.5. The number of benzene rings is 2. The second-order valence-corrected chi connectivity index (χ2v) is 4.27. The highest BCUT2D eigenvalue weighted by Crippen LogP contribution is 2.22. The van der Waals surface area contributed by atoms with Gasteiger partial charge < -0.3 is 10.1 Å². The summed E-state index contributed by atoms with van der Waals surface area (Å²) in [5, 5.41) is 12.6. The molecule has 19 heavy (non-hydrogen) atoms. The van der Waals surface area contributed by atoms with Crippen LogP contribution < -0.4 is 10.1 Å². The molecule has 0 amide bonds. The van der Waals surface area contributed by atoms with Gasteiger partial charge >= 0.3 is 0 Å². The number of rotatable bonds is 5. The van der Waals surface area contributed by atoms with E-state index in [1.54, 1.807) is 6.07 Å². The normalized spacial score (nSPS) is 9.68. The van der Waals surface area contributed by atoms with Crippen molar-refractivity contribution in [2.24, 2.45) is 0 Å². The van der Waals surface area contributed by atoms with Crippen molar-refractivity contribution in [2.45, 2.75) is 0 Å². The SMILES string of the molecule is N#Cc1c(Cl)cccc1NCCOc1ccccc1. The van der Waals surface area contributed by atoms with E-state index in [4.69, 9.17) is 21.6 Å². The van der Waals surface area contributed by atoms with E-state index in [1.165, 1.54) is 0 Å². The van der Waals surface area contributed by atoms with Crippen LogP contribution in [0, 0.1) is 11.3 Å². The zero-order chi connectivity index (χ0) is 13.5. The molecule has 0 atom stereocenters. The van der Waals surface area contributed by atoms with Gasteiger partial charge in [0.25, 0.3) is 0 Å². The number of nitrogens with one attached hydrogen (secondary N) is 1. The minimum atomic E-state index is 0.455. The molecule has 4 heteroatoms. The van der Waals surface area contributed by atoms with Gasteiger partial charge in [0.1, 0.15) is 18.4 Å². The molecule has 0 aliphatic heterocycles. The standard InChI is InChI=1S/C15H13ClN2O/c16-14-7-4-8-15(13(14)11-17)18-9-10-19-12-5-2-1-3-6-12/h1-8,18H,9-10H2. The summed E-state index contributed by atoms with van der Waals surface area (Å²) in [6, 6.07) is 17.0. The minimum absolute atomic E-state index is 0.455. The summed E-state index contributed by atoms with van der Waals surface area (Å²) in [6.07, 6.45) is 0. The number of hydrogen-bond donors (Lipinski definition) is 1. The van der Waals surface area contributed by atoms with Gasteiger partial charge in [-0.3, -0.25) is 0 Å². The van der Waals surface area contributed by atoms with Crippen molar-refractivity contribution < 1.29 is 4.74 Å². The second-order valence-electron chi connectivity index (χ2n) is 3.86. The van der Waals surface area contributed by atoms with Gasteiger partial charge in [0.2, 0.25) is 0 Å². The molecule has 3 nitrogen and oxygen atoms in total. The van der Waals surface area contributed by atoms with Gasteiger partial charge in [0.05, 0.1) is 16.3 Å². The topological polar surface area (TPSA) is 45.0 Å². The molecule has 2 aromatic carbocycles. The Bertz CT molecular complexity index is 578. The fraction of sp³-hybridized carbons (Fsp3) is 0.133. The highest BCUT2D eigenvalue weighted by molar-refractivity contribution is 6.32. The Morgan fingerprint density at radius 3 is 2.63 bits per heavy atom. The Morgan fingerprint density at radius 1 is 1.11 bits per heavy atom. The lowest BCUT2D eigenvalue weighted by Gasteiger charge is -2.10. The van der Waals surface area contributed by atoms with Crippen molar-refractivity contribution in [3.63, 3.8) is 0 Å². The van der Waals surface area contributed by atoms with Crippen LogP contribution in [0.15, 0.2) is 48.5 Å². The number of para-hydroxylation sites is 1. The average molecular weight is 273 g/mol. The number of nitrogens with zero attached hydrogens (tertiary/aromatic N) is 1. The lowest BCUT2D eigenvalue weighted by molar-refractivity contribution is 0.333. The maximum Gasteiger partial charge on any atom is 0.119 e. The van der Waals surface area contributed by atoms with Crippen molar-refractivity contribution in [2.75, 3.05) is 18.5 Å². The first-order valence-corrected chi connectivity index (χ1v) is 6.29. The molecule has 2 aromatic rings. The summed E-state index contributed by atoms with van der Waals surface area (Å²) in [6.45, 7) is 1.12. The van der Waals surface area contributed by atoms with Gasteiger partial charge in [-0.15, -0.1) is 0 Å². The minimum Gasteiger partial charge on any atom is -0.492 e. The third-order valence-corrected chi connectivity index (χ3v) is 2.87. The van der Waals surface area contributed by atoms with E-state index < -0.39 is 0 Å². The van der Waals surface area contributed by atoms with E-state index in [2.05, 4.69) is 11.4 Å². The quantitative estimate of drug-likeness (QED) is 0.844. The maximum absolute atomic E-state index is 9.03. The Kier molecular flexibility index (Phi) is 4.66. The van der Waals surface area contributed by atoms with Crippen LogP contribution in [0.5, 0.6) is 5.75 Å². The van der Waals surface area contributed by atoms with Crippen LogP contribution in [-0.4, -0.2) is 13.2 Å². The van der Waals surface area contributed by atoms with E-state index in [-0.39, 0.29) is 0 Å². The number of halogens is 1. The number of hydrogen-bond acceptors (Lipinski definition) is 3. The van der Waals surface area contributed by atoms with Crippen LogP contribution in [0.3, 0.4) is 0 Å². The smallest absolute Gasteiger partial charge is 0.119 e. The lowest BCUT2D eigenvalue weighted by Crippen LogP contribution is -2.12. The Morgan fingerprint density at radius 2 is 1.89 bits per heavy atom. The molecule has 0 aliphatic carbocycles. The van der Waals surface area contributed by atoms with Crippen molar-refractivity contribution in [3.05, 3.63) is 59.1 Å². The van der Waals surface area contributed by atoms with E-state index >= 15 is 0 Å². The Labute approximate surface area is 117 Å². The molecule has 96 valence electrons. The molecule has 0 bridgehead atoms. The van der Waals surface area contributed by atoms with E-state index in [9.17, 15) is 0 Å². The molecule has 1 N–H and O–H groups in total. The molecule has 0 unspecified atom stereocenters. The highest BCUT2D eigenvalue weighted by Gasteiger charge is 2.05. The summed E-state index contributed by atoms with van der Waals surface area (Å²) in [5.74, 6) is 0.830. The molecule has 2 rings (SSSR count). The monoisotopic (exact) mass is 272 g/mol. The molecule has 0 saturated heterocycles. The summed E-state index contributed by atoms with van der Waals surface area (Å²) in [4.78, 5) is 0. The molecular formula is C15H13ClN2O. The Balaban J connectivity index is 1.87. The van der Waals surface area contributed by atoms with Crippen molar-refractivity contribution in [1.29, 1.82) is 5.26 Å². The third kappa shape index (κ3) is 3.64. The van der Waals surface area contributed by atoms with Crippen LogP contribution in [0.4, 0.5) is 5.69 Å². The third-order valence-electron chi connectivity index (χ3n) is 2.55. The molecule has 0 saturated carbocycles. The summed E-state index contributed by atoms with van der Waals surface area (Å²) >= 11 is 5.94. The van der Waals surface area contributed by atoms with Gasteiger partial charge in [-0.05, 0) is 24.3 Å². The molecule has 0 aliphatic rings. The first-order valence-electron chi connectivity index (χ1n) is 5.91. The zero-order valence-electron chi connectivity index (χ0n) is 10.3. The predicted molar refractivity (Wildman–Crippen MR) is 76.6 cm³/mol. The van der Waals surface area contributed by atoms with Crippen LogP contribution in [0.1, 0.15) is 5.56 Å². The molecule has 0 spiro atoms. The van der Waals surface area contributed by atoms with Crippen molar-refractivity contribution >= 4 is 17.3 Å². The lowest BCUT2D eigenvalue weighted by atomic mass is 10.2. The van der Waals surface area contributed by atoms with Gasteiger partial charge in [-0.2, -0.15) is 5.26 Å². The van der Waals surface area contributed by atoms with Gasteiger partial charge in [0.15, 0.2) is 0 Å². The van der Waals surface area contributed by atoms with E-state index in [0.29, 0.717) is 23.7 Å². The van der Waals surface area contributed by atoms with Gasteiger partial charge in [0, 0.05) is 6.54 Å². The first kappa shape index (κ1) is 13.3. The number of nitriles is 1. The Hall–Kier alpha value is -2.18. The van der Waals surface area contributed by atoms with E-state index in [0.717, 1.165) is 11.4 Å². The molecule has 0 aromatic heterocycles. The summed E-state index contributed by atoms with van der Waals surface area (Å²) < 4.78 is 5.55. The van der Waals surface area contributed by atoms with E-state index in [1.807, 2.05) is 42.5 Å². The second kappa shape index (κ2) is 6.67. The molecule has 0 fully saturated rings. The van der Waals surface area contributed by atoms with Crippen LogP contribution in [0.25, 0.3) is 0 Å². The van der Waals surface area contributed by atoms with Gasteiger partial charge in [-0.25, -0.2) is 0 Å². The number of ether oxygens (including phenoxy) is 1. The molecule has 0 heterocycles. The predicted octanol–water partition coefficient (Wildman–Crippen LogP) is 3.70. The van der Waals surface area contributed by atoms with Crippen LogP contribution in [-0.2, 0) is 0 Å². The van der Waals surface area contributed by atoms with Crippen LogP contribution >= 0.6 is 11.6 Å². The van der Waals surface area contributed by atoms with Crippen molar-refractivity contribution in [1.82, 2.24) is 0 Å². The van der Waals surface area contributed by atoms with Crippen LogP contribution in [0.2, 0.25) is 5.02 Å². The molecule has 0 radical (unpaired) electrons. The molecular weight excluding hydrogens is 260 g/mol. The largest absolute Gasteiger partial charge is 0.492 e. The summed E-state index contributed by atoms with van der Waals surface area (Å²) in [5.41, 5.74) is 1.19. The fourth-order valence-electron chi connectivity index (χ4n) is 1.66. The maximum atomic E-state index is 9.03. The number of anilines is 1. The average Bonchev–Trinajstić information content (AvgIpc) is 2.45. The first-order chi connectivity index (χ1) is 9.31. The zero-order valence-corrected chi connectivity index (χ0v) is 11.0. The summed E-state index contributed by atoms with van der Waals surface area (Å²) in [7, 11) is 0.